The lowest BCUT2D eigenvalue weighted by atomic mass is 9.70. The summed E-state index contributed by atoms with van der Waals surface area (Å²) in [4.78, 5) is 30.3. The summed E-state index contributed by atoms with van der Waals surface area (Å²) in [7, 11) is 4.10. The van der Waals surface area contributed by atoms with E-state index in [2.05, 4.69) is 25.7 Å². The number of hydrogen-bond acceptors (Lipinski definition) is 13. The lowest BCUT2D eigenvalue weighted by molar-refractivity contribution is -0.0187. The van der Waals surface area contributed by atoms with Crippen LogP contribution in [0, 0.1) is 17.8 Å². The topological polar surface area (TPSA) is 161 Å². The van der Waals surface area contributed by atoms with Gasteiger partial charge in [-0.25, -0.2) is 0 Å². The average molecular weight is 886 g/mol. The van der Waals surface area contributed by atoms with Crippen molar-refractivity contribution in [3.8, 4) is 11.6 Å². The van der Waals surface area contributed by atoms with Crippen LogP contribution < -0.4 is 19.7 Å². The van der Waals surface area contributed by atoms with Gasteiger partial charge in [-0.1, -0.05) is 36.7 Å². The van der Waals surface area contributed by atoms with E-state index in [4.69, 9.17) is 44.8 Å². The zero-order valence-corrected chi connectivity index (χ0v) is 37.3. The van der Waals surface area contributed by atoms with E-state index >= 15 is 0 Å². The van der Waals surface area contributed by atoms with E-state index in [1.807, 2.05) is 24.3 Å². The van der Waals surface area contributed by atoms with E-state index in [-0.39, 0.29) is 48.2 Å². The van der Waals surface area contributed by atoms with Crippen molar-refractivity contribution in [3.63, 3.8) is 0 Å². The van der Waals surface area contributed by atoms with Crippen molar-refractivity contribution >= 4 is 39.7 Å². The maximum atomic E-state index is 14.5. The van der Waals surface area contributed by atoms with Crippen molar-refractivity contribution in [2.24, 2.45) is 29.2 Å². The Kier molecular flexibility index (Phi) is 17.4. The molecule has 2 amide bonds. The number of anilines is 1. The number of benzene rings is 2. The van der Waals surface area contributed by atoms with Gasteiger partial charge >= 0.3 is 0 Å². The van der Waals surface area contributed by atoms with Crippen LogP contribution in [0.25, 0.3) is 0 Å². The standard InChI is InChI=1S/C44H59ClN5O10S/c1-29-38(60-23-22-58-21-20-57-19-18-54-3)15-16-39(55-4)35-13-10-33(35)27-50-26-32-9-12-34(45)24-30(32)8-6-7-17-59-40-14-11-31(25-37(40)50)41(51)48-61(53)44(29)46-42(52)36-28-49(2)47-43(36)56-5/h9,11-12,14-16,24-25,28-29,33,35,38-39,44H,6-8,10,13,17-23,26-27H2,1-5H3,(H,46,52)/q-1/b16-15+/t29-,33-,35+,38-,39-,44?/m0/s1. The third-order valence-electron chi connectivity index (χ3n) is 11.5. The maximum absolute atomic E-state index is 14.5. The number of methoxy groups -OCH3 is 3. The van der Waals surface area contributed by atoms with Crippen LogP contribution in [0.15, 0.2) is 59.1 Å². The predicted octanol–water partition coefficient (Wildman–Crippen LogP) is 6.16. The summed E-state index contributed by atoms with van der Waals surface area (Å²) in [6.07, 6.45) is 9.00. The molecule has 0 spiro atoms. The summed E-state index contributed by atoms with van der Waals surface area (Å²) in [5.41, 5.74) is 3.44. The molecule has 3 heterocycles. The normalized spacial score (nSPS) is 24.2. The number of rotatable bonds is 14. The Balaban J connectivity index is 1.38. The third-order valence-corrected chi connectivity index (χ3v) is 13.1. The van der Waals surface area contributed by atoms with Gasteiger partial charge in [0.25, 0.3) is 11.8 Å². The van der Waals surface area contributed by atoms with Gasteiger partial charge in [0.15, 0.2) is 0 Å². The van der Waals surface area contributed by atoms with E-state index in [0.29, 0.717) is 56.9 Å². The number of halogens is 1. The first kappa shape index (κ1) is 46.5. The number of carbonyl (C=O) groups excluding carboxylic acids is 2. The molecule has 3 aromatic rings. The molecule has 2 aliphatic heterocycles. The Hall–Kier alpha value is -4.03. The highest BCUT2D eigenvalue weighted by Crippen LogP contribution is 2.42. The predicted molar refractivity (Wildman–Crippen MR) is 232 cm³/mol. The minimum atomic E-state index is -2.30. The molecule has 61 heavy (non-hydrogen) atoms. The van der Waals surface area contributed by atoms with Gasteiger partial charge in [-0.15, -0.1) is 5.10 Å². The molecule has 6 atom stereocenters. The molecule has 1 fully saturated rings. The molecular formula is C44H59ClN5O10S-. The molecule has 2 bridgehead atoms. The lowest BCUT2D eigenvalue weighted by Gasteiger charge is -2.44. The van der Waals surface area contributed by atoms with Crippen LogP contribution >= 0.6 is 11.6 Å². The number of aromatic nitrogens is 2. The molecule has 2 aromatic carbocycles. The Morgan fingerprint density at radius 1 is 0.967 bits per heavy atom. The number of hydrogen-bond donors (Lipinski definition) is 1. The molecule has 334 valence electrons. The first-order valence-electron chi connectivity index (χ1n) is 20.9. The average Bonchev–Trinajstić information content (AvgIpc) is 3.62. The van der Waals surface area contributed by atoms with E-state index in [1.54, 1.807) is 46.4 Å². The molecule has 3 aliphatic rings. The lowest BCUT2D eigenvalue weighted by Crippen LogP contribution is -2.45. The second-order valence-electron chi connectivity index (χ2n) is 15.6. The summed E-state index contributed by atoms with van der Waals surface area (Å²) < 4.78 is 60.9. The highest BCUT2D eigenvalue weighted by atomic mass is 35.5. The Bertz CT molecular complexity index is 2060. The largest absolute Gasteiger partial charge is 0.491 e. The molecule has 17 heteroatoms. The maximum Gasteiger partial charge on any atom is 0.257 e. The Morgan fingerprint density at radius 2 is 1.74 bits per heavy atom. The molecular weight excluding hydrogens is 826 g/mol. The fraction of sp³-hybridized carbons (Fsp3) is 0.568. The van der Waals surface area contributed by atoms with Gasteiger partial charge in [-0.3, -0.25) is 14.3 Å². The zero-order valence-electron chi connectivity index (χ0n) is 35.7. The van der Waals surface area contributed by atoms with Crippen LogP contribution in [0.4, 0.5) is 5.69 Å². The third kappa shape index (κ3) is 12.3. The number of aryl methyl sites for hydroxylation is 2. The van der Waals surface area contributed by atoms with Crippen molar-refractivity contribution in [2.45, 2.75) is 63.2 Å². The highest BCUT2D eigenvalue weighted by Gasteiger charge is 2.38. The minimum absolute atomic E-state index is 0.0918. The second kappa shape index (κ2) is 22.9. The second-order valence-corrected chi connectivity index (χ2v) is 17.3. The molecule has 1 N–H and O–H groups in total. The van der Waals surface area contributed by atoms with Gasteiger partial charge in [0.05, 0.1) is 71.3 Å². The van der Waals surface area contributed by atoms with Crippen molar-refractivity contribution in [1.82, 2.24) is 15.1 Å². The van der Waals surface area contributed by atoms with Crippen LogP contribution in [0.5, 0.6) is 11.6 Å². The first-order chi connectivity index (χ1) is 29.6. The number of amides is 2. The number of nitrogens with one attached hydrogen (secondary N) is 1. The van der Waals surface area contributed by atoms with Crippen LogP contribution in [-0.2, 0) is 58.5 Å². The summed E-state index contributed by atoms with van der Waals surface area (Å²) in [6.45, 7) is 5.69. The quantitative estimate of drug-likeness (QED) is 0.112. The minimum Gasteiger partial charge on any atom is -0.491 e. The van der Waals surface area contributed by atoms with Crippen LogP contribution in [0.3, 0.4) is 0 Å². The first-order valence-corrected chi connectivity index (χ1v) is 22.5. The fourth-order valence-electron chi connectivity index (χ4n) is 8.01. The zero-order chi connectivity index (χ0) is 43.3. The molecule has 1 aromatic heterocycles. The molecule has 1 saturated carbocycles. The number of ether oxygens (including phenoxy) is 7. The number of nitrogens with zero attached hydrogens (tertiary/aromatic N) is 4. The summed E-state index contributed by atoms with van der Waals surface area (Å²) in [5, 5.41) is 6.60. The van der Waals surface area contributed by atoms with Crippen molar-refractivity contribution in [3.05, 3.63) is 82.0 Å². The van der Waals surface area contributed by atoms with Crippen molar-refractivity contribution in [2.75, 3.05) is 79.0 Å². The van der Waals surface area contributed by atoms with Gasteiger partial charge < -0.3 is 51.9 Å². The van der Waals surface area contributed by atoms with E-state index in [0.717, 1.165) is 43.4 Å². The SMILES string of the molecule is COCCOCCOCCO[C@H]1/C=C/[C@H](OC)[C@@H]2CC[C@H]2CN2Cc3ccc(Cl)cc3CCCCOc3ccc(cc32)C(=O)N=[S-](=O)C(NC(=O)c2cn(C)nc2OC)[C@H]1C. The van der Waals surface area contributed by atoms with Gasteiger partial charge in [-0.05, 0) is 96.7 Å². The summed E-state index contributed by atoms with van der Waals surface area (Å²) in [5.74, 6) is -0.819. The van der Waals surface area contributed by atoms with Gasteiger partial charge in [0, 0.05) is 51.1 Å². The Morgan fingerprint density at radius 3 is 2.48 bits per heavy atom. The molecule has 0 saturated heterocycles. The van der Waals surface area contributed by atoms with Crippen molar-refractivity contribution in [1.29, 1.82) is 0 Å². The molecule has 1 unspecified atom stereocenters. The monoisotopic (exact) mass is 884 g/mol. The van der Waals surface area contributed by atoms with Crippen molar-refractivity contribution < 1.29 is 47.0 Å². The summed E-state index contributed by atoms with van der Waals surface area (Å²) >= 11 is 6.51. The molecule has 15 nitrogen and oxygen atoms in total. The summed E-state index contributed by atoms with van der Waals surface area (Å²) in [6, 6.07) is 11.3. The molecule has 6 rings (SSSR count). The van der Waals surface area contributed by atoms with Gasteiger partial charge in [-0.2, -0.15) is 10.6 Å². The number of fused-ring (bicyclic) bond motifs is 3. The van der Waals surface area contributed by atoms with Crippen LogP contribution in [0.2, 0.25) is 5.02 Å². The van der Waals surface area contributed by atoms with Gasteiger partial charge in [0.2, 0.25) is 5.88 Å². The Labute approximate surface area is 365 Å². The molecule has 0 radical (unpaired) electrons. The smallest absolute Gasteiger partial charge is 0.257 e. The molecule has 1 aliphatic carbocycles. The van der Waals surface area contributed by atoms with E-state index in [1.165, 1.54) is 23.6 Å². The van der Waals surface area contributed by atoms with Crippen LogP contribution in [0.1, 0.15) is 64.4 Å². The van der Waals surface area contributed by atoms with Crippen LogP contribution in [-0.4, -0.2) is 113 Å². The van der Waals surface area contributed by atoms with E-state index in [9.17, 15) is 13.8 Å². The highest BCUT2D eigenvalue weighted by molar-refractivity contribution is 7.75. The fourth-order valence-corrected chi connectivity index (χ4v) is 9.31. The van der Waals surface area contributed by atoms with Gasteiger partial charge in [0.1, 0.15) is 11.3 Å². The van der Waals surface area contributed by atoms with E-state index < -0.39 is 39.8 Å². The number of carbonyl (C=O) groups is 2.